The zero-order valence-electron chi connectivity index (χ0n) is 13.6. The van der Waals surface area contributed by atoms with E-state index in [0.717, 1.165) is 12.1 Å². The number of hydrogen-bond donors (Lipinski definition) is 2. The molecule has 0 aliphatic rings. The standard InChI is InChI=1S/C19H17ClN2O3/c1-22(10-12-5-3-2-4-6-12)11-14-8-15(20)7-13-9-16(19(24)25)18(23)21-17(13)14/h2-9H,10-11H2,1H3,(H,21,23)(H,24,25). The highest BCUT2D eigenvalue weighted by molar-refractivity contribution is 6.31. The number of carbonyl (C=O) groups is 1. The van der Waals surface area contributed by atoms with Crippen LogP contribution in [0.1, 0.15) is 21.5 Å². The fourth-order valence-electron chi connectivity index (χ4n) is 2.88. The second kappa shape index (κ2) is 7.09. The smallest absolute Gasteiger partial charge is 0.341 e. The third-order valence-corrected chi connectivity index (χ3v) is 4.18. The van der Waals surface area contributed by atoms with Crippen LogP contribution in [0.25, 0.3) is 10.9 Å². The quantitative estimate of drug-likeness (QED) is 0.733. The van der Waals surface area contributed by atoms with Gasteiger partial charge in [-0.3, -0.25) is 9.69 Å². The fourth-order valence-corrected chi connectivity index (χ4v) is 3.13. The molecule has 0 amide bonds. The second-order valence-corrected chi connectivity index (χ2v) is 6.44. The van der Waals surface area contributed by atoms with E-state index in [1.807, 2.05) is 37.4 Å². The number of rotatable bonds is 5. The van der Waals surface area contributed by atoms with Crippen LogP contribution in [0.15, 0.2) is 53.3 Å². The lowest BCUT2D eigenvalue weighted by atomic mass is 10.1. The summed E-state index contributed by atoms with van der Waals surface area (Å²) in [7, 11) is 1.98. The van der Waals surface area contributed by atoms with Gasteiger partial charge in [-0.05, 0) is 36.4 Å². The molecule has 25 heavy (non-hydrogen) atoms. The maximum atomic E-state index is 12.0. The van der Waals surface area contributed by atoms with Crippen LogP contribution in [0.2, 0.25) is 5.02 Å². The average Bonchev–Trinajstić information content (AvgIpc) is 2.55. The molecule has 0 radical (unpaired) electrons. The number of nitrogens with one attached hydrogen (secondary N) is 1. The van der Waals surface area contributed by atoms with Gasteiger partial charge in [0.2, 0.25) is 0 Å². The maximum Gasteiger partial charge on any atom is 0.341 e. The number of carboxylic acids is 1. The van der Waals surface area contributed by atoms with Crippen LogP contribution in [0.5, 0.6) is 0 Å². The Kier molecular flexibility index (Phi) is 4.88. The number of nitrogens with zero attached hydrogens (tertiary/aromatic N) is 1. The monoisotopic (exact) mass is 356 g/mol. The summed E-state index contributed by atoms with van der Waals surface area (Å²) in [5.74, 6) is -1.26. The lowest BCUT2D eigenvalue weighted by molar-refractivity contribution is 0.0695. The first-order valence-corrected chi connectivity index (χ1v) is 8.13. The van der Waals surface area contributed by atoms with E-state index in [1.165, 1.54) is 11.6 Å². The average molecular weight is 357 g/mol. The van der Waals surface area contributed by atoms with Gasteiger partial charge in [0.05, 0.1) is 5.52 Å². The van der Waals surface area contributed by atoms with Crippen molar-refractivity contribution in [2.75, 3.05) is 7.05 Å². The van der Waals surface area contributed by atoms with Crippen molar-refractivity contribution in [1.29, 1.82) is 0 Å². The Balaban J connectivity index is 1.96. The Bertz CT molecular complexity index is 983. The molecule has 0 fully saturated rings. The third kappa shape index (κ3) is 3.90. The molecule has 3 aromatic rings. The number of carboxylic acid groups (broad SMARTS) is 1. The van der Waals surface area contributed by atoms with Crippen molar-refractivity contribution in [2.45, 2.75) is 13.1 Å². The number of aromatic amines is 1. The van der Waals surface area contributed by atoms with E-state index in [-0.39, 0.29) is 5.56 Å². The van der Waals surface area contributed by atoms with Crippen molar-refractivity contribution in [2.24, 2.45) is 0 Å². The topological polar surface area (TPSA) is 73.4 Å². The number of aromatic carboxylic acids is 1. The van der Waals surface area contributed by atoms with Gasteiger partial charge in [0.1, 0.15) is 5.56 Å². The van der Waals surface area contributed by atoms with Gasteiger partial charge in [-0.15, -0.1) is 0 Å². The first-order valence-electron chi connectivity index (χ1n) is 7.75. The van der Waals surface area contributed by atoms with Gasteiger partial charge in [0, 0.05) is 23.5 Å². The van der Waals surface area contributed by atoms with Gasteiger partial charge in [-0.2, -0.15) is 0 Å². The zero-order valence-corrected chi connectivity index (χ0v) is 14.4. The minimum atomic E-state index is -1.26. The Morgan fingerprint density at radius 1 is 1.16 bits per heavy atom. The Morgan fingerprint density at radius 3 is 2.56 bits per heavy atom. The highest BCUT2D eigenvalue weighted by Crippen LogP contribution is 2.23. The van der Waals surface area contributed by atoms with Crippen molar-refractivity contribution in [1.82, 2.24) is 9.88 Å². The Labute approximate surface area is 149 Å². The molecule has 0 spiro atoms. The number of aromatic nitrogens is 1. The van der Waals surface area contributed by atoms with E-state index >= 15 is 0 Å². The molecule has 6 heteroatoms. The van der Waals surface area contributed by atoms with Crippen LogP contribution in [0.3, 0.4) is 0 Å². The van der Waals surface area contributed by atoms with Crippen molar-refractivity contribution in [3.8, 4) is 0 Å². The molecule has 0 atom stereocenters. The summed E-state index contributed by atoms with van der Waals surface area (Å²) in [6.45, 7) is 1.31. The lowest BCUT2D eigenvalue weighted by Crippen LogP contribution is -2.20. The normalized spacial score (nSPS) is 11.2. The van der Waals surface area contributed by atoms with E-state index in [2.05, 4.69) is 9.88 Å². The molecule has 0 aliphatic carbocycles. The second-order valence-electron chi connectivity index (χ2n) is 6.00. The highest BCUT2D eigenvalue weighted by atomic mass is 35.5. The number of halogens is 1. The number of pyridine rings is 1. The summed E-state index contributed by atoms with van der Waals surface area (Å²) in [4.78, 5) is 27.9. The summed E-state index contributed by atoms with van der Waals surface area (Å²) >= 11 is 6.18. The number of benzene rings is 2. The van der Waals surface area contributed by atoms with Crippen LogP contribution in [-0.2, 0) is 13.1 Å². The van der Waals surface area contributed by atoms with E-state index in [4.69, 9.17) is 16.7 Å². The highest BCUT2D eigenvalue weighted by Gasteiger charge is 2.14. The van der Waals surface area contributed by atoms with Gasteiger partial charge < -0.3 is 10.1 Å². The molecule has 0 aliphatic heterocycles. The van der Waals surface area contributed by atoms with E-state index in [0.29, 0.717) is 22.5 Å². The molecule has 128 valence electrons. The molecular weight excluding hydrogens is 340 g/mol. The van der Waals surface area contributed by atoms with Crippen LogP contribution in [0.4, 0.5) is 0 Å². The minimum Gasteiger partial charge on any atom is -0.477 e. The molecule has 0 saturated carbocycles. The van der Waals surface area contributed by atoms with Crippen molar-refractivity contribution in [3.05, 3.63) is 80.6 Å². The maximum absolute atomic E-state index is 12.0. The predicted molar refractivity (Wildman–Crippen MR) is 98.2 cm³/mol. The first-order chi connectivity index (χ1) is 11.9. The fraction of sp³-hybridized carbons (Fsp3) is 0.158. The van der Waals surface area contributed by atoms with E-state index in [9.17, 15) is 9.59 Å². The van der Waals surface area contributed by atoms with Crippen LogP contribution in [-0.4, -0.2) is 28.0 Å². The van der Waals surface area contributed by atoms with Crippen LogP contribution >= 0.6 is 11.6 Å². The number of H-pyrrole nitrogens is 1. The summed E-state index contributed by atoms with van der Waals surface area (Å²) in [6.07, 6.45) is 0. The van der Waals surface area contributed by atoms with Gasteiger partial charge in [0.25, 0.3) is 5.56 Å². The van der Waals surface area contributed by atoms with Crippen LogP contribution in [0, 0.1) is 0 Å². The van der Waals surface area contributed by atoms with Crippen molar-refractivity contribution in [3.63, 3.8) is 0 Å². The summed E-state index contributed by atoms with van der Waals surface area (Å²) in [5.41, 5.74) is 1.72. The summed E-state index contributed by atoms with van der Waals surface area (Å²) in [5, 5.41) is 10.2. The Hall–Kier alpha value is -2.63. The SMILES string of the molecule is CN(Cc1ccccc1)Cc1cc(Cl)cc2cc(C(=O)O)c(=O)[nH]c12. The molecule has 0 unspecified atom stereocenters. The largest absolute Gasteiger partial charge is 0.477 e. The van der Waals surface area contributed by atoms with Gasteiger partial charge in [0.15, 0.2) is 0 Å². The third-order valence-electron chi connectivity index (χ3n) is 3.96. The molecular formula is C19H17ClN2O3. The molecule has 1 heterocycles. The molecule has 3 rings (SSSR count). The molecule has 0 saturated heterocycles. The van der Waals surface area contributed by atoms with E-state index < -0.39 is 11.5 Å². The van der Waals surface area contributed by atoms with Crippen molar-refractivity contribution >= 4 is 28.5 Å². The Morgan fingerprint density at radius 2 is 1.88 bits per heavy atom. The van der Waals surface area contributed by atoms with Gasteiger partial charge >= 0.3 is 5.97 Å². The first kappa shape index (κ1) is 17.2. The molecule has 0 bridgehead atoms. The summed E-state index contributed by atoms with van der Waals surface area (Å²) < 4.78 is 0. The predicted octanol–water partition coefficient (Wildman–Crippen LogP) is 3.51. The lowest BCUT2D eigenvalue weighted by Gasteiger charge is -2.18. The molecule has 1 aromatic heterocycles. The number of fused-ring (bicyclic) bond motifs is 1. The molecule has 2 N–H and O–H groups in total. The van der Waals surface area contributed by atoms with E-state index in [1.54, 1.807) is 12.1 Å². The molecule has 5 nitrogen and oxygen atoms in total. The van der Waals surface area contributed by atoms with Gasteiger partial charge in [-0.1, -0.05) is 41.9 Å². The number of hydrogen-bond acceptors (Lipinski definition) is 3. The van der Waals surface area contributed by atoms with Crippen LogP contribution < -0.4 is 5.56 Å². The summed E-state index contributed by atoms with van der Waals surface area (Å²) in [6, 6.07) is 14.9. The van der Waals surface area contributed by atoms with Gasteiger partial charge in [-0.25, -0.2) is 4.79 Å². The zero-order chi connectivity index (χ0) is 18.0. The molecule has 2 aromatic carbocycles. The van der Waals surface area contributed by atoms with Crippen molar-refractivity contribution < 1.29 is 9.90 Å². The minimum absolute atomic E-state index is 0.293.